The lowest BCUT2D eigenvalue weighted by molar-refractivity contribution is 0.376. The minimum absolute atomic E-state index is 0.188. The molecular weight excluding hydrogens is 623 g/mol. The maximum absolute atomic E-state index is 5.21. The summed E-state index contributed by atoms with van der Waals surface area (Å²) in [5.41, 5.74) is 10.9. The maximum atomic E-state index is 5.21. The summed E-state index contributed by atoms with van der Waals surface area (Å²) in [5, 5.41) is 4.95. The minimum atomic E-state index is -0.188. The number of hydrogen-bond donors (Lipinski definition) is 0. The zero-order valence-corrected chi connectivity index (χ0v) is 28.1. The van der Waals surface area contributed by atoms with Crippen molar-refractivity contribution < 1.29 is 0 Å². The van der Waals surface area contributed by atoms with Crippen molar-refractivity contribution in [3.8, 4) is 28.2 Å². The van der Waals surface area contributed by atoms with E-state index in [1.54, 1.807) is 0 Å². The summed E-state index contributed by atoms with van der Waals surface area (Å²) in [5.74, 6) is 0.756. The van der Waals surface area contributed by atoms with Crippen molar-refractivity contribution in [1.82, 2.24) is 24.0 Å². The lowest BCUT2D eigenvalue weighted by atomic mass is 10.1. The van der Waals surface area contributed by atoms with Crippen molar-refractivity contribution in [3.63, 3.8) is 0 Å². The summed E-state index contributed by atoms with van der Waals surface area (Å²) in [6, 6.07) is 55.6. The number of aromatic nitrogens is 4. The van der Waals surface area contributed by atoms with E-state index >= 15 is 0 Å². The van der Waals surface area contributed by atoms with Gasteiger partial charge in [-0.15, -0.1) is 0 Å². The van der Waals surface area contributed by atoms with Crippen molar-refractivity contribution >= 4 is 49.3 Å². The monoisotopic (exact) mass is 655 g/mol. The van der Waals surface area contributed by atoms with Crippen LogP contribution < -0.4 is 0 Å². The third-order valence-electron chi connectivity index (χ3n) is 10.1. The largest absolute Gasteiger partial charge is 0.367 e. The van der Waals surface area contributed by atoms with Gasteiger partial charge in [-0.25, -0.2) is 9.97 Å². The minimum Gasteiger partial charge on any atom is -0.367 e. The number of nitrogens with zero attached hydrogens (tertiary/aromatic N) is 5. The molecule has 0 aliphatic carbocycles. The molecule has 3 aromatic heterocycles. The molecule has 242 valence electrons. The molecule has 0 amide bonds. The van der Waals surface area contributed by atoms with Gasteiger partial charge >= 0.3 is 0 Å². The molecule has 0 saturated heterocycles. The van der Waals surface area contributed by atoms with E-state index in [2.05, 4.69) is 185 Å². The molecule has 0 radical (unpaired) electrons. The Morgan fingerprint density at radius 2 is 0.980 bits per heavy atom. The topological polar surface area (TPSA) is 38.9 Å². The molecule has 5 heteroatoms. The van der Waals surface area contributed by atoms with Crippen molar-refractivity contribution in [2.45, 2.75) is 6.04 Å². The van der Waals surface area contributed by atoms with Crippen molar-refractivity contribution in [2.24, 2.45) is 0 Å². The number of fused-ring (bicyclic) bond motifs is 6. The fourth-order valence-electron chi connectivity index (χ4n) is 7.70. The molecule has 0 N–H and O–H groups in total. The second-order valence-corrected chi connectivity index (χ2v) is 13.2. The molecular formula is C46H33N5. The van der Waals surface area contributed by atoms with Crippen LogP contribution >= 0.6 is 0 Å². The molecule has 0 saturated carbocycles. The molecule has 4 heterocycles. The van der Waals surface area contributed by atoms with Gasteiger partial charge in [0, 0.05) is 57.3 Å². The molecule has 5 nitrogen and oxygen atoms in total. The first-order valence-corrected chi connectivity index (χ1v) is 17.4. The molecule has 1 aliphatic heterocycles. The molecule has 10 rings (SSSR count). The molecule has 1 unspecified atom stereocenters. The zero-order valence-electron chi connectivity index (χ0n) is 28.1. The summed E-state index contributed by atoms with van der Waals surface area (Å²) in [6.07, 6.45) is 6.67. The highest BCUT2D eigenvalue weighted by Gasteiger charge is 2.25. The van der Waals surface area contributed by atoms with Gasteiger partial charge in [-0.2, -0.15) is 0 Å². The third kappa shape index (κ3) is 4.77. The summed E-state index contributed by atoms with van der Waals surface area (Å²) in [4.78, 5) is 12.6. The predicted octanol–water partition coefficient (Wildman–Crippen LogP) is 11.1. The van der Waals surface area contributed by atoms with Gasteiger partial charge < -0.3 is 14.0 Å². The number of rotatable bonds is 5. The molecule has 1 aliphatic rings. The van der Waals surface area contributed by atoms with E-state index in [1.165, 1.54) is 38.1 Å². The second-order valence-electron chi connectivity index (χ2n) is 13.2. The number of hydrogen-bond acceptors (Lipinski definition) is 3. The quantitative estimate of drug-likeness (QED) is 0.185. The van der Waals surface area contributed by atoms with Gasteiger partial charge in [-0.3, -0.25) is 0 Å². The summed E-state index contributed by atoms with van der Waals surface area (Å²) < 4.78 is 4.80. The normalized spacial score (nSPS) is 14.6. The van der Waals surface area contributed by atoms with Crippen LogP contribution in [0, 0.1) is 0 Å². The van der Waals surface area contributed by atoms with E-state index in [0.717, 1.165) is 45.2 Å². The molecule has 6 aromatic carbocycles. The van der Waals surface area contributed by atoms with E-state index in [0.29, 0.717) is 0 Å². The van der Waals surface area contributed by atoms with Crippen LogP contribution in [0.3, 0.4) is 0 Å². The van der Waals surface area contributed by atoms with Crippen LogP contribution in [-0.2, 0) is 0 Å². The number of allylic oxidation sites excluding steroid dienone is 2. The van der Waals surface area contributed by atoms with Gasteiger partial charge in [0.25, 0.3) is 0 Å². The zero-order chi connectivity index (χ0) is 33.9. The van der Waals surface area contributed by atoms with Crippen LogP contribution in [0.1, 0.15) is 11.9 Å². The van der Waals surface area contributed by atoms with Gasteiger partial charge in [0.15, 0.2) is 5.82 Å². The number of para-hydroxylation sites is 3. The average molecular weight is 656 g/mol. The summed E-state index contributed by atoms with van der Waals surface area (Å²) in [6.45, 7) is 0. The highest BCUT2D eigenvalue weighted by Crippen LogP contribution is 2.41. The lowest BCUT2D eigenvalue weighted by Gasteiger charge is -2.28. The van der Waals surface area contributed by atoms with Crippen LogP contribution in [0.15, 0.2) is 176 Å². The van der Waals surface area contributed by atoms with Gasteiger partial charge in [0.2, 0.25) is 0 Å². The SMILES string of the molecule is CN1C=CC(n2c3ccccc3c3cc4c5ccccc5n(-c5ccccc5)c4cc32)=CC1c1nc(-c2ccccc2)cc(-c2ccccc2)n1. The predicted molar refractivity (Wildman–Crippen MR) is 211 cm³/mol. The number of likely N-dealkylation sites (N-methyl/N-ethyl adjacent to an activating group) is 1. The molecule has 0 bridgehead atoms. The van der Waals surface area contributed by atoms with E-state index in [4.69, 9.17) is 9.97 Å². The van der Waals surface area contributed by atoms with E-state index < -0.39 is 0 Å². The summed E-state index contributed by atoms with van der Waals surface area (Å²) in [7, 11) is 2.10. The van der Waals surface area contributed by atoms with Gasteiger partial charge in [0.05, 0.1) is 33.5 Å². The Morgan fingerprint density at radius 1 is 0.471 bits per heavy atom. The Morgan fingerprint density at radius 3 is 1.59 bits per heavy atom. The smallest absolute Gasteiger partial charge is 0.156 e. The molecule has 9 aromatic rings. The highest BCUT2D eigenvalue weighted by molar-refractivity contribution is 6.19. The molecule has 1 atom stereocenters. The Kier molecular flexibility index (Phi) is 6.71. The standard InChI is InChI=1S/C46H33N5/c1-49-26-25-34(27-45(49)46-47-39(31-15-5-2-6-16-31)29-40(48-46)32-17-7-3-8-18-32)51-42-24-14-12-22-36(42)38-28-37-35-21-11-13-23-41(35)50(43(37)30-44(38)51)33-19-9-4-10-20-33/h2-30,45H,1H3. The third-order valence-corrected chi connectivity index (χ3v) is 10.1. The summed E-state index contributed by atoms with van der Waals surface area (Å²) >= 11 is 0. The van der Waals surface area contributed by atoms with Gasteiger partial charge in [-0.1, -0.05) is 115 Å². The molecule has 0 spiro atoms. The first kappa shape index (κ1) is 29.2. The molecule has 0 fully saturated rings. The maximum Gasteiger partial charge on any atom is 0.156 e. The van der Waals surface area contributed by atoms with E-state index in [-0.39, 0.29) is 6.04 Å². The van der Waals surface area contributed by atoms with Crippen LogP contribution in [0.2, 0.25) is 0 Å². The second kappa shape index (κ2) is 11.7. The first-order chi connectivity index (χ1) is 25.2. The van der Waals surface area contributed by atoms with Crippen molar-refractivity contribution in [1.29, 1.82) is 0 Å². The van der Waals surface area contributed by atoms with Crippen LogP contribution in [0.4, 0.5) is 0 Å². The Balaban J connectivity index is 1.21. The number of benzene rings is 6. The van der Waals surface area contributed by atoms with Crippen molar-refractivity contribution in [3.05, 3.63) is 182 Å². The van der Waals surface area contributed by atoms with Crippen molar-refractivity contribution in [2.75, 3.05) is 7.05 Å². The van der Waals surface area contributed by atoms with E-state index in [1.807, 2.05) is 12.1 Å². The van der Waals surface area contributed by atoms with Crippen LogP contribution in [0.5, 0.6) is 0 Å². The van der Waals surface area contributed by atoms with Crippen LogP contribution in [-0.4, -0.2) is 31.0 Å². The first-order valence-electron chi connectivity index (χ1n) is 17.4. The van der Waals surface area contributed by atoms with Gasteiger partial charge in [0.1, 0.15) is 6.04 Å². The fraction of sp³-hybridized carbons (Fsp3) is 0.0435. The Hall–Kier alpha value is -6.72. The average Bonchev–Trinajstić information content (AvgIpc) is 3.70. The Bertz CT molecular complexity index is 2750. The fourth-order valence-corrected chi connectivity index (χ4v) is 7.70. The lowest BCUT2D eigenvalue weighted by Crippen LogP contribution is -2.23. The molecule has 51 heavy (non-hydrogen) atoms. The van der Waals surface area contributed by atoms with Gasteiger partial charge in [-0.05, 0) is 54.6 Å². The highest BCUT2D eigenvalue weighted by atomic mass is 15.2. The Labute approximate surface area is 295 Å². The van der Waals surface area contributed by atoms with E-state index in [9.17, 15) is 0 Å². The van der Waals surface area contributed by atoms with Crippen LogP contribution in [0.25, 0.3) is 77.5 Å².